The summed E-state index contributed by atoms with van der Waals surface area (Å²) in [4.78, 5) is 23.6. The fourth-order valence-electron chi connectivity index (χ4n) is 2.16. The molecule has 0 aliphatic rings. The fourth-order valence-corrected chi connectivity index (χ4v) is 2.16. The van der Waals surface area contributed by atoms with E-state index in [9.17, 15) is 14.7 Å². The zero-order chi connectivity index (χ0) is 16.3. The van der Waals surface area contributed by atoms with Crippen LogP contribution in [0.2, 0.25) is 0 Å². The van der Waals surface area contributed by atoms with Crippen LogP contribution in [-0.4, -0.2) is 34.4 Å². The van der Waals surface area contributed by atoms with Crippen LogP contribution in [0.3, 0.4) is 0 Å². The van der Waals surface area contributed by atoms with Crippen molar-refractivity contribution in [2.45, 2.75) is 13.0 Å². The maximum absolute atomic E-state index is 12.2. The lowest BCUT2D eigenvalue weighted by molar-refractivity contribution is -0.139. The standard InChI is InChI=1S/C15H18N2O5/c1-16-12(8-13(18)22-3)14(19)17(15(16)20)9-10-4-6-11(21-2)7-5-10/h4-7,19H,8-9H2,1-3H3. The van der Waals surface area contributed by atoms with Gasteiger partial charge in [-0.15, -0.1) is 0 Å². The Morgan fingerprint density at radius 3 is 2.41 bits per heavy atom. The molecule has 2 aromatic rings. The zero-order valence-electron chi connectivity index (χ0n) is 12.7. The number of rotatable bonds is 5. The van der Waals surface area contributed by atoms with E-state index < -0.39 is 11.7 Å². The van der Waals surface area contributed by atoms with E-state index in [0.717, 1.165) is 5.56 Å². The van der Waals surface area contributed by atoms with Gasteiger partial charge >= 0.3 is 11.7 Å². The summed E-state index contributed by atoms with van der Waals surface area (Å²) in [5.74, 6) is -0.0408. The molecule has 0 radical (unpaired) electrons. The molecule has 2 rings (SSSR count). The molecule has 1 aromatic heterocycles. The summed E-state index contributed by atoms with van der Waals surface area (Å²) in [5.41, 5.74) is 0.658. The van der Waals surface area contributed by atoms with E-state index >= 15 is 0 Å². The highest BCUT2D eigenvalue weighted by molar-refractivity contribution is 5.72. The maximum Gasteiger partial charge on any atom is 0.331 e. The second-order valence-electron chi connectivity index (χ2n) is 4.80. The zero-order valence-corrected chi connectivity index (χ0v) is 12.7. The Hall–Kier alpha value is -2.70. The third-order valence-corrected chi connectivity index (χ3v) is 3.48. The lowest BCUT2D eigenvalue weighted by atomic mass is 10.2. The Bertz CT molecular complexity index is 728. The minimum atomic E-state index is -0.521. The summed E-state index contributed by atoms with van der Waals surface area (Å²) in [5, 5.41) is 10.2. The molecule has 0 saturated heterocycles. The number of aromatic nitrogens is 2. The molecule has 1 heterocycles. The SMILES string of the molecule is COC(=O)Cc1c(O)n(Cc2ccc(OC)cc2)c(=O)n1C. The Morgan fingerprint density at radius 1 is 1.23 bits per heavy atom. The van der Waals surface area contributed by atoms with Gasteiger partial charge in [-0.1, -0.05) is 12.1 Å². The van der Waals surface area contributed by atoms with Crippen LogP contribution in [0.5, 0.6) is 11.6 Å². The first-order chi connectivity index (χ1) is 10.5. The number of ether oxygens (including phenoxy) is 2. The van der Waals surface area contributed by atoms with Crippen LogP contribution in [-0.2, 0) is 29.5 Å². The van der Waals surface area contributed by atoms with E-state index in [1.54, 1.807) is 31.4 Å². The van der Waals surface area contributed by atoms with Gasteiger partial charge in [0.15, 0.2) is 0 Å². The van der Waals surface area contributed by atoms with Crippen molar-refractivity contribution in [3.05, 3.63) is 46.0 Å². The van der Waals surface area contributed by atoms with Gasteiger partial charge < -0.3 is 14.6 Å². The van der Waals surface area contributed by atoms with E-state index in [2.05, 4.69) is 4.74 Å². The van der Waals surface area contributed by atoms with Gasteiger partial charge in [0.05, 0.1) is 32.9 Å². The highest BCUT2D eigenvalue weighted by atomic mass is 16.5. The first-order valence-corrected chi connectivity index (χ1v) is 6.65. The molecule has 0 fully saturated rings. The van der Waals surface area contributed by atoms with Gasteiger partial charge in [-0.2, -0.15) is 0 Å². The van der Waals surface area contributed by atoms with Gasteiger partial charge in [0.25, 0.3) is 0 Å². The quantitative estimate of drug-likeness (QED) is 0.821. The lowest BCUT2D eigenvalue weighted by Crippen LogP contribution is -2.23. The van der Waals surface area contributed by atoms with Crippen molar-refractivity contribution in [1.82, 2.24) is 9.13 Å². The summed E-state index contributed by atoms with van der Waals surface area (Å²) in [6.07, 6.45) is -0.163. The molecule has 118 valence electrons. The minimum Gasteiger partial charge on any atom is -0.497 e. The number of carbonyl (C=O) groups excluding carboxylic acids is 1. The number of aromatic hydroxyl groups is 1. The second kappa shape index (κ2) is 6.38. The Labute approximate surface area is 127 Å². The highest BCUT2D eigenvalue weighted by Gasteiger charge is 2.20. The predicted octanol–water partition coefficient (Wildman–Crippen LogP) is 0.665. The third-order valence-electron chi connectivity index (χ3n) is 3.48. The number of imidazole rings is 1. The molecule has 0 aliphatic heterocycles. The molecule has 7 heteroatoms. The van der Waals surface area contributed by atoms with Crippen molar-refractivity contribution in [3.8, 4) is 11.6 Å². The van der Waals surface area contributed by atoms with Crippen LogP contribution in [0.15, 0.2) is 29.1 Å². The normalized spacial score (nSPS) is 10.5. The first-order valence-electron chi connectivity index (χ1n) is 6.65. The molecule has 0 amide bonds. The average Bonchev–Trinajstić information content (AvgIpc) is 2.73. The van der Waals surface area contributed by atoms with Crippen LogP contribution in [0.1, 0.15) is 11.3 Å². The van der Waals surface area contributed by atoms with Gasteiger partial charge in [-0.05, 0) is 17.7 Å². The largest absolute Gasteiger partial charge is 0.497 e. The van der Waals surface area contributed by atoms with E-state index in [0.29, 0.717) is 5.75 Å². The van der Waals surface area contributed by atoms with Crippen LogP contribution >= 0.6 is 0 Å². The minimum absolute atomic E-state index is 0.163. The van der Waals surface area contributed by atoms with Crippen molar-refractivity contribution in [3.63, 3.8) is 0 Å². The van der Waals surface area contributed by atoms with Crippen LogP contribution in [0.25, 0.3) is 0 Å². The van der Waals surface area contributed by atoms with E-state index in [1.165, 1.54) is 23.3 Å². The van der Waals surface area contributed by atoms with Gasteiger partial charge in [0, 0.05) is 7.05 Å². The number of methoxy groups -OCH3 is 2. The summed E-state index contributed by atoms with van der Waals surface area (Å²) >= 11 is 0. The number of esters is 1. The van der Waals surface area contributed by atoms with E-state index in [4.69, 9.17) is 4.74 Å². The van der Waals surface area contributed by atoms with Gasteiger partial charge in [-0.25, -0.2) is 4.79 Å². The van der Waals surface area contributed by atoms with Crippen molar-refractivity contribution in [2.75, 3.05) is 14.2 Å². The summed E-state index contributed by atoms with van der Waals surface area (Å²) in [7, 11) is 4.33. The molecule has 0 aliphatic carbocycles. The Morgan fingerprint density at radius 2 is 1.86 bits per heavy atom. The van der Waals surface area contributed by atoms with Crippen molar-refractivity contribution in [1.29, 1.82) is 0 Å². The lowest BCUT2D eigenvalue weighted by Gasteiger charge is -2.05. The Balaban J connectivity index is 2.33. The number of nitrogens with zero attached hydrogens (tertiary/aromatic N) is 2. The molecule has 0 saturated carbocycles. The number of hydrogen-bond donors (Lipinski definition) is 1. The van der Waals surface area contributed by atoms with Crippen molar-refractivity contribution in [2.24, 2.45) is 7.05 Å². The van der Waals surface area contributed by atoms with Crippen molar-refractivity contribution >= 4 is 5.97 Å². The van der Waals surface area contributed by atoms with Crippen molar-refractivity contribution < 1.29 is 19.4 Å². The highest BCUT2D eigenvalue weighted by Crippen LogP contribution is 2.19. The Kier molecular flexibility index (Phi) is 4.55. The van der Waals surface area contributed by atoms with Crippen LogP contribution in [0, 0.1) is 0 Å². The van der Waals surface area contributed by atoms with Crippen LogP contribution < -0.4 is 10.4 Å². The molecule has 22 heavy (non-hydrogen) atoms. The average molecular weight is 306 g/mol. The van der Waals surface area contributed by atoms with Gasteiger partial charge in [0.2, 0.25) is 5.88 Å². The monoisotopic (exact) mass is 306 g/mol. The number of hydrogen-bond acceptors (Lipinski definition) is 5. The second-order valence-corrected chi connectivity index (χ2v) is 4.80. The topological polar surface area (TPSA) is 82.7 Å². The molecule has 7 nitrogen and oxygen atoms in total. The molecule has 0 atom stereocenters. The maximum atomic E-state index is 12.2. The molecule has 1 aromatic carbocycles. The predicted molar refractivity (Wildman–Crippen MR) is 79.2 cm³/mol. The molecule has 0 spiro atoms. The number of benzene rings is 1. The molecular formula is C15H18N2O5. The first kappa shape index (κ1) is 15.7. The molecular weight excluding hydrogens is 288 g/mol. The summed E-state index contributed by atoms with van der Waals surface area (Å²) in [6.45, 7) is 0.198. The molecule has 0 unspecified atom stereocenters. The smallest absolute Gasteiger partial charge is 0.331 e. The summed E-state index contributed by atoms with van der Waals surface area (Å²) in [6, 6.07) is 7.15. The van der Waals surface area contributed by atoms with Crippen LogP contribution in [0.4, 0.5) is 0 Å². The fraction of sp³-hybridized carbons (Fsp3) is 0.333. The summed E-state index contributed by atoms with van der Waals surface area (Å²) < 4.78 is 12.1. The molecule has 0 bridgehead atoms. The number of carbonyl (C=O) groups is 1. The van der Waals surface area contributed by atoms with E-state index in [-0.39, 0.29) is 24.5 Å². The third kappa shape index (κ3) is 2.98. The van der Waals surface area contributed by atoms with Gasteiger partial charge in [0.1, 0.15) is 5.75 Å². The molecule has 1 N–H and O–H groups in total. The van der Waals surface area contributed by atoms with E-state index in [1.807, 2.05) is 0 Å². The van der Waals surface area contributed by atoms with Gasteiger partial charge in [-0.3, -0.25) is 13.9 Å².